The van der Waals surface area contributed by atoms with Gasteiger partial charge in [0.25, 0.3) is 0 Å². The zero-order valence-corrected chi connectivity index (χ0v) is 14.8. The molecule has 0 saturated heterocycles. The van der Waals surface area contributed by atoms with Crippen LogP contribution in [0.15, 0.2) is 47.5 Å². The van der Waals surface area contributed by atoms with E-state index in [4.69, 9.17) is 0 Å². The summed E-state index contributed by atoms with van der Waals surface area (Å²) >= 11 is 0. The van der Waals surface area contributed by atoms with E-state index >= 15 is 0 Å². The highest BCUT2D eigenvalue weighted by molar-refractivity contribution is 14.0. The molecule has 0 heterocycles. The highest BCUT2D eigenvalue weighted by Gasteiger charge is 2.03. The molecule has 0 saturated carbocycles. The van der Waals surface area contributed by atoms with Crippen molar-refractivity contribution in [2.45, 2.75) is 6.54 Å². The summed E-state index contributed by atoms with van der Waals surface area (Å²) in [5, 5.41) is 2.54. The molecule has 0 fully saturated rings. The molecule has 0 N–H and O–H groups in total. The molecule has 0 atom stereocenters. The Hall–Kier alpha value is -1.30. The van der Waals surface area contributed by atoms with Crippen LogP contribution in [0.4, 0.5) is 0 Å². The molecule has 0 spiro atoms. The van der Waals surface area contributed by atoms with Crippen molar-refractivity contribution < 1.29 is 0 Å². The maximum absolute atomic E-state index is 4.67. The quantitative estimate of drug-likeness (QED) is 0.450. The van der Waals surface area contributed by atoms with Crippen LogP contribution >= 0.6 is 24.0 Å². The first kappa shape index (κ1) is 16.8. The molecule has 2 aromatic carbocycles. The smallest absolute Gasteiger partial charge is 0.195 e. The van der Waals surface area contributed by atoms with Gasteiger partial charge >= 0.3 is 0 Å². The number of guanidine groups is 1. The molecule has 0 aliphatic heterocycles. The summed E-state index contributed by atoms with van der Waals surface area (Å²) in [5.74, 6) is 0.980. The van der Waals surface area contributed by atoms with Crippen LogP contribution in [-0.2, 0) is 6.54 Å². The molecular formula is C16H22IN3. The summed E-state index contributed by atoms with van der Waals surface area (Å²) in [4.78, 5) is 8.73. The van der Waals surface area contributed by atoms with E-state index in [2.05, 4.69) is 47.5 Å². The van der Waals surface area contributed by atoms with Crippen molar-refractivity contribution >= 4 is 40.7 Å². The van der Waals surface area contributed by atoms with E-state index in [1.165, 1.54) is 16.3 Å². The van der Waals surface area contributed by atoms with Gasteiger partial charge in [0.05, 0.1) is 6.54 Å². The number of hydrogen-bond acceptors (Lipinski definition) is 1. The highest BCUT2D eigenvalue weighted by atomic mass is 127. The second kappa shape index (κ2) is 7.47. The van der Waals surface area contributed by atoms with Crippen LogP contribution in [-0.4, -0.2) is 44.0 Å². The van der Waals surface area contributed by atoms with Crippen molar-refractivity contribution in [1.29, 1.82) is 0 Å². The van der Waals surface area contributed by atoms with E-state index in [1.807, 2.05) is 38.0 Å². The van der Waals surface area contributed by atoms with E-state index in [1.54, 1.807) is 0 Å². The Kier molecular flexibility index (Phi) is 6.26. The predicted octanol–water partition coefficient (Wildman–Crippen LogP) is 3.44. The van der Waals surface area contributed by atoms with Crippen molar-refractivity contribution in [3.63, 3.8) is 0 Å². The van der Waals surface area contributed by atoms with Crippen LogP contribution in [0, 0.1) is 0 Å². The minimum atomic E-state index is 0. The Morgan fingerprint density at radius 3 is 2.10 bits per heavy atom. The monoisotopic (exact) mass is 383 g/mol. The average Bonchev–Trinajstić information content (AvgIpc) is 2.38. The number of benzene rings is 2. The van der Waals surface area contributed by atoms with Gasteiger partial charge in [0, 0.05) is 28.2 Å². The summed E-state index contributed by atoms with van der Waals surface area (Å²) in [6, 6.07) is 14.9. The van der Waals surface area contributed by atoms with E-state index in [-0.39, 0.29) is 24.0 Å². The Morgan fingerprint density at radius 2 is 1.50 bits per heavy atom. The zero-order valence-electron chi connectivity index (χ0n) is 12.5. The fourth-order valence-corrected chi connectivity index (χ4v) is 2.18. The maximum atomic E-state index is 4.67. The second-order valence-corrected chi connectivity index (χ2v) is 5.09. The zero-order chi connectivity index (χ0) is 13.8. The van der Waals surface area contributed by atoms with Crippen LogP contribution in [0.5, 0.6) is 0 Å². The number of aliphatic imine (C=N–C) groups is 1. The van der Waals surface area contributed by atoms with Gasteiger partial charge in [-0.25, -0.2) is 4.99 Å². The molecule has 2 rings (SSSR count). The summed E-state index contributed by atoms with van der Waals surface area (Å²) in [6.45, 7) is 0.705. The molecule has 0 aromatic heterocycles. The van der Waals surface area contributed by atoms with Crippen molar-refractivity contribution in [2.24, 2.45) is 4.99 Å². The van der Waals surface area contributed by atoms with Gasteiger partial charge in [-0.15, -0.1) is 24.0 Å². The average molecular weight is 383 g/mol. The van der Waals surface area contributed by atoms with Crippen LogP contribution < -0.4 is 0 Å². The summed E-state index contributed by atoms with van der Waals surface area (Å²) in [5.41, 5.74) is 1.24. The van der Waals surface area contributed by atoms with Crippen LogP contribution in [0.1, 0.15) is 5.56 Å². The Bertz CT molecular complexity index is 581. The minimum Gasteiger partial charge on any atom is -0.349 e. The molecule has 3 nitrogen and oxygen atoms in total. The lowest BCUT2D eigenvalue weighted by Gasteiger charge is -2.22. The molecule has 108 valence electrons. The summed E-state index contributed by atoms with van der Waals surface area (Å²) in [7, 11) is 8.05. The van der Waals surface area contributed by atoms with Gasteiger partial charge in [0.1, 0.15) is 0 Å². The van der Waals surface area contributed by atoms with Gasteiger partial charge in [0.2, 0.25) is 0 Å². The van der Waals surface area contributed by atoms with Crippen molar-refractivity contribution in [3.8, 4) is 0 Å². The fourth-order valence-electron chi connectivity index (χ4n) is 2.18. The van der Waals surface area contributed by atoms with Crippen LogP contribution in [0.2, 0.25) is 0 Å². The third-order valence-corrected chi connectivity index (χ3v) is 3.02. The van der Waals surface area contributed by atoms with E-state index in [0.29, 0.717) is 6.54 Å². The number of halogens is 1. The standard InChI is InChI=1S/C16H21N3.HI/c1-18(2)16(19(3)4)17-12-13-9-10-14-7-5-6-8-15(14)11-13;/h5-11H,12H2,1-4H3;1H. The number of hydrogen-bond donors (Lipinski definition) is 0. The highest BCUT2D eigenvalue weighted by Crippen LogP contribution is 2.16. The topological polar surface area (TPSA) is 18.8 Å². The predicted molar refractivity (Wildman–Crippen MR) is 97.9 cm³/mol. The number of nitrogens with zero attached hydrogens (tertiary/aromatic N) is 3. The minimum absolute atomic E-state index is 0. The van der Waals surface area contributed by atoms with Crippen LogP contribution in [0.25, 0.3) is 10.8 Å². The molecule has 0 unspecified atom stereocenters. The first-order valence-corrected chi connectivity index (χ1v) is 6.44. The first-order chi connectivity index (χ1) is 9.08. The molecule has 0 bridgehead atoms. The lowest BCUT2D eigenvalue weighted by Crippen LogP contribution is -2.35. The first-order valence-electron chi connectivity index (χ1n) is 6.44. The van der Waals surface area contributed by atoms with Gasteiger partial charge in [-0.3, -0.25) is 0 Å². The third-order valence-electron chi connectivity index (χ3n) is 3.02. The van der Waals surface area contributed by atoms with Gasteiger partial charge in [-0.2, -0.15) is 0 Å². The molecule has 0 amide bonds. The molecule has 20 heavy (non-hydrogen) atoms. The Balaban J connectivity index is 0.00000200. The van der Waals surface area contributed by atoms with Crippen molar-refractivity contribution in [3.05, 3.63) is 48.0 Å². The van der Waals surface area contributed by atoms with Gasteiger partial charge < -0.3 is 9.80 Å². The fraction of sp³-hybridized carbons (Fsp3) is 0.312. The molecule has 0 aliphatic rings. The molecule has 0 radical (unpaired) electrons. The molecule has 2 aromatic rings. The number of rotatable bonds is 2. The maximum Gasteiger partial charge on any atom is 0.195 e. The largest absolute Gasteiger partial charge is 0.349 e. The Morgan fingerprint density at radius 1 is 0.900 bits per heavy atom. The molecular weight excluding hydrogens is 361 g/mol. The lowest BCUT2D eigenvalue weighted by atomic mass is 10.1. The molecule has 4 heteroatoms. The van der Waals surface area contributed by atoms with Gasteiger partial charge in [-0.1, -0.05) is 36.4 Å². The lowest BCUT2D eigenvalue weighted by molar-refractivity contribution is 0.479. The molecule has 0 aliphatic carbocycles. The number of fused-ring (bicyclic) bond motifs is 1. The summed E-state index contributed by atoms with van der Waals surface area (Å²) in [6.07, 6.45) is 0. The van der Waals surface area contributed by atoms with Crippen molar-refractivity contribution in [1.82, 2.24) is 9.80 Å². The SMILES string of the molecule is CN(C)C(=NCc1ccc2ccccc2c1)N(C)C.I. The van der Waals surface area contributed by atoms with Crippen molar-refractivity contribution in [2.75, 3.05) is 28.2 Å². The second-order valence-electron chi connectivity index (χ2n) is 5.09. The van der Waals surface area contributed by atoms with Gasteiger partial charge in [0.15, 0.2) is 5.96 Å². The normalized spacial score (nSPS) is 9.80. The summed E-state index contributed by atoms with van der Waals surface area (Å²) < 4.78 is 0. The van der Waals surface area contributed by atoms with E-state index in [0.717, 1.165) is 5.96 Å². The van der Waals surface area contributed by atoms with Gasteiger partial charge in [-0.05, 0) is 22.4 Å². The van der Waals surface area contributed by atoms with Crippen LogP contribution in [0.3, 0.4) is 0 Å². The third kappa shape index (κ3) is 4.10. The Labute approximate surface area is 138 Å². The van der Waals surface area contributed by atoms with E-state index < -0.39 is 0 Å². The van der Waals surface area contributed by atoms with E-state index in [9.17, 15) is 0 Å².